The quantitative estimate of drug-likeness (QED) is 0.641. The van der Waals surface area contributed by atoms with Crippen LogP contribution >= 0.6 is 0 Å². The second-order valence-corrected chi connectivity index (χ2v) is 2.95. The van der Waals surface area contributed by atoms with E-state index >= 15 is 0 Å². The highest BCUT2D eigenvalue weighted by molar-refractivity contribution is 4.78. The summed E-state index contributed by atoms with van der Waals surface area (Å²) >= 11 is 0. The topological polar surface area (TPSA) is 47.7 Å². The summed E-state index contributed by atoms with van der Waals surface area (Å²) in [7, 11) is 1.72. The monoisotopic (exact) mass is 190 g/mol. The van der Waals surface area contributed by atoms with Crippen LogP contribution in [0.1, 0.15) is 13.8 Å². The van der Waals surface area contributed by atoms with Gasteiger partial charge in [-0.15, -0.1) is 0 Å². The number of ether oxygens (including phenoxy) is 1. The highest BCUT2D eigenvalue weighted by Gasteiger charge is 2.25. The van der Waals surface area contributed by atoms with Crippen molar-refractivity contribution in [2.75, 3.05) is 40.0 Å². The van der Waals surface area contributed by atoms with Gasteiger partial charge in [0.15, 0.2) is 0 Å². The molecule has 1 saturated heterocycles. The molecule has 0 aromatic carbocycles. The zero-order valence-corrected chi connectivity index (χ0v) is 8.95. The normalized spacial score (nSPS) is 17.5. The Bertz CT molecular complexity index is 106. The summed E-state index contributed by atoms with van der Waals surface area (Å²) in [5, 5.41) is 0. The van der Waals surface area contributed by atoms with Crippen molar-refractivity contribution in [2.24, 2.45) is 11.8 Å². The second-order valence-electron chi connectivity index (χ2n) is 2.95. The van der Waals surface area contributed by atoms with E-state index in [9.17, 15) is 0 Å². The Kier molecular flexibility index (Phi) is 8.33. The maximum Gasteiger partial charge on any atom is 0.0731 e. The third-order valence-corrected chi connectivity index (χ3v) is 1.98. The molecule has 1 fully saturated rings. The van der Waals surface area contributed by atoms with Gasteiger partial charge >= 0.3 is 0 Å². The molecule has 2 N–H and O–H groups in total. The Morgan fingerprint density at radius 1 is 1.38 bits per heavy atom. The van der Waals surface area contributed by atoms with Crippen LogP contribution in [-0.2, 0) is 9.57 Å². The molecule has 0 aromatic rings. The lowest BCUT2D eigenvalue weighted by atomic mass is 10.0. The first-order valence-electron chi connectivity index (χ1n) is 4.89. The molecule has 4 nitrogen and oxygen atoms in total. The lowest BCUT2D eigenvalue weighted by Gasteiger charge is -2.38. The standard InChI is InChI=1S/C7H16N2O2.C2H6/c1-10-3-2-9-4-7(5-9)6-11-8;1-2/h7H,2-6,8H2,1H3;1-2H3. The predicted octanol–water partition coefficient (Wildman–Crippen LogP) is 0.481. The van der Waals surface area contributed by atoms with E-state index in [1.807, 2.05) is 13.8 Å². The molecule has 1 aliphatic heterocycles. The van der Waals surface area contributed by atoms with Crippen LogP contribution in [0.15, 0.2) is 0 Å². The SMILES string of the molecule is CC.COCCN1CC(CON)C1. The third kappa shape index (κ3) is 5.21. The molecule has 1 rings (SSSR count). The summed E-state index contributed by atoms with van der Waals surface area (Å²) in [6, 6.07) is 0. The van der Waals surface area contributed by atoms with Gasteiger partial charge in [0.1, 0.15) is 0 Å². The van der Waals surface area contributed by atoms with Gasteiger partial charge in [-0.1, -0.05) is 13.8 Å². The Morgan fingerprint density at radius 2 is 2.00 bits per heavy atom. The van der Waals surface area contributed by atoms with E-state index in [-0.39, 0.29) is 0 Å². The molecular weight excluding hydrogens is 168 g/mol. The Labute approximate surface area is 80.9 Å². The second kappa shape index (κ2) is 8.44. The van der Waals surface area contributed by atoms with E-state index in [2.05, 4.69) is 9.74 Å². The minimum absolute atomic E-state index is 0.636. The Hall–Kier alpha value is -0.160. The Morgan fingerprint density at radius 3 is 2.46 bits per heavy atom. The summed E-state index contributed by atoms with van der Waals surface area (Å²) < 4.78 is 4.95. The first-order valence-corrected chi connectivity index (χ1v) is 4.89. The fourth-order valence-electron chi connectivity index (χ4n) is 1.32. The van der Waals surface area contributed by atoms with Gasteiger partial charge in [0, 0.05) is 32.7 Å². The zero-order chi connectivity index (χ0) is 10.1. The summed E-state index contributed by atoms with van der Waals surface area (Å²) in [4.78, 5) is 6.87. The highest BCUT2D eigenvalue weighted by atomic mass is 16.6. The van der Waals surface area contributed by atoms with Crippen LogP contribution in [0.5, 0.6) is 0 Å². The minimum atomic E-state index is 0.636. The summed E-state index contributed by atoms with van der Waals surface area (Å²) in [6.45, 7) is 8.72. The molecule has 0 unspecified atom stereocenters. The van der Waals surface area contributed by atoms with Crippen LogP contribution in [-0.4, -0.2) is 44.9 Å². The fraction of sp³-hybridized carbons (Fsp3) is 1.00. The van der Waals surface area contributed by atoms with Crippen molar-refractivity contribution >= 4 is 0 Å². The van der Waals surface area contributed by atoms with Crippen molar-refractivity contribution < 1.29 is 9.57 Å². The third-order valence-electron chi connectivity index (χ3n) is 1.98. The first-order chi connectivity index (χ1) is 6.36. The van der Waals surface area contributed by atoms with E-state index in [0.29, 0.717) is 12.5 Å². The van der Waals surface area contributed by atoms with Crippen LogP contribution < -0.4 is 5.90 Å². The summed E-state index contributed by atoms with van der Waals surface area (Å²) in [5.41, 5.74) is 0. The number of nitrogens with two attached hydrogens (primary N) is 1. The van der Waals surface area contributed by atoms with Gasteiger partial charge in [0.25, 0.3) is 0 Å². The van der Waals surface area contributed by atoms with Gasteiger partial charge in [-0.05, 0) is 0 Å². The number of methoxy groups -OCH3 is 1. The molecule has 0 spiro atoms. The van der Waals surface area contributed by atoms with Gasteiger partial charge in [-0.2, -0.15) is 0 Å². The van der Waals surface area contributed by atoms with Crippen molar-refractivity contribution in [2.45, 2.75) is 13.8 Å². The molecule has 13 heavy (non-hydrogen) atoms. The molecule has 0 atom stereocenters. The predicted molar refractivity (Wildman–Crippen MR) is 53.3 cm³/mol. The van der Waals surface area contributed by atoms with E-state index in [0.717, 1.165) is 26.2 Å². The molecule has 80 valence electrons. The maximum absolute atomic E-state index is 4.95. The molecule has 4 heteroatoms. The molecule has 0 saturated carbocycles. The Balaban J connectivity index is 0.000000671. The summed E-state index contributed by atoms with van der Waals surface area (Å²) in [6.07, 6.45) is 0. The molecular formula is C9H22N2O2. The van der Waals surface area contributed by atoms with Crippen molar-refractivity contribution in [1.82, 2.24) is 4.90 Å². The number of likely N-dealkylation sites (tertiary alicyclic amines) is 1. The van der Waals surface area contributed by atoms with Crippen LogP contribution in [0.25, 0.3) is 0 Å². The lowest BCUT2D eigenvalue weighted by molar-refractivity contribution is 0.00341. The van der Waals surface area contributed by atoms with E-state index < -0.39 is 0 Å². The summed E-state index contributed by atoms with van der Waals surface area (Å²) in [5.74, 6) is 5.58. The molecule has 1 heterocycles. The highest BCUT2D eigenvalue weighted by Crippen LogP contribution is 2.13. The number of hydrogen-bond donors (Lipinski definition) is 1. The fourth-order valence-corrected chi connectivity index (χ4v) is 1.32. The molecule has 0 radical (unpaired) electrons. The maximum atomic E-state index is 4.95. The smallest absolute Gasteiger partial charge is 0.0731 e. The van der Waals surface area contributed by atoms with Crippen molar-refractivity contribution in [3.63, 3.8) is 0 Å². The van der Waals surface area contributed by atoms with Gasteiger partial charge in [-0.25, -0.2) is 5.90 Å². The average molecular weight is 190 g/mol. The van der Waals surface area contributed by atoms with Crippen molar-refractivity contribution in [3.8, 4) is 0 Å². The lowest BCUT2D eigenvalue weighted by Crippen LogP contribution is -2.50. The van der Waals surface area contributed by atoms with Crippen molar-refractivity contribution in [1.29, 1.82) is 0 Å². The van der Waals surface area contributed by atoms with Crippen LogP contribution in [0.4, 0.5) is 0 Å². The average Bonchev–Trinajstić information content (AvgIpc) is 2.12. The van der Waals surface area contributed by atoms with Crippen LogP contribution in [0.3, 0.4) is 0 Å². The van der Waals surface area contributed by atoms with E-state index in [1.54, 1.807) is 7.11 Å². The van der Waals surface area contributed by atoms with Crippen LogP contribution in [0.2, 0.25) is 0 Å². The van der Waals surface area contributed by atoms with Gasteiger partial charge in [0.05, 0.1) is 13.2 Å². The molecule has 0 amide bonds. The van der Waals surface area contributed by atoms with E-state index in [4.69, 9.17) is 10.6 Å². The van der Waals surface area contributed by atoms with E-state index in [1.165, 1.54) is 0 Å². The first kappa shape index (κ1) is 12.8. The van der Waals surface area contributed by atoms with Gasteiger partial charge in [0.2, 0.25) is 0 Å². The van der Waals surface area contributed by atoms with Crippen LogP contribution in [0, 0.1) is 5.92 Å². The number of hydrogen-bond acceptors (Lipinski definition) is 4. The molecule has 0 bridgehead atoms. The number of rotatable bonds is 5. The zero-order valence-electron chi connectivity index (χ0n) is 8.95. The van der Waals surface area contributed by atoms with Gasteiger partial charge in [-0.3, -0.25) is 0 Å². The van der Waals surface area contributed by atoms with Gasteiger partial charge < -0.3 is 14.5 Å². The minimum Gasteiger partial charge on any atom is -0.383 e. The largest absolute Gasteiger partial charge is 0.383 e. The molecule has 0 aliphatic carbocycles. The molecule has 0 aromatic heterocycles. The van der Waals surface area contributed by atoms with Crippen molar-refractivity contribution in [3.05, 3.63) is 0 Å². The number of nitrogens with zero attached hydrogens (tertiary/aromatic N) is 1. The molecule has 1 aliphatic rings.